The van der Waals surface area contributed by atoms with Crippen LogP contribution in [0.25, 0.3) is 0 Å². The van der Waals surface area contributed by atoms with Crippen LogP contribution in [0.1, 0.15) is 12.8 Å². The first-order valence-electron chi connectivity index (χ1n) is 3.34. The molecule has 1 aliphatic carbocycles. The SMILES string of the molecule is O=C(O)NC1CC2(CO2)C1. The molecular formula is C6H9NO3. The van der Waals surface area contributed by atoms with Gasteiger partial charge in [0.05, 0.1) is 12.2 Å². The van der Waals surface area contributed by atoms with E-state index >= 15 is 0 Å². The van der Waals surface area contributed by atoms with Gasteiger partial charge >= 0.3 is 6.09 Å². The zero-order valence-corrected chi connectivity index (χ0v) is 5.46. The van der Waals surface area contributed by atoms with Crippen LogP contribution in [-0.2, 0) is 4.74 Å². The molecule has 1 spiro atoms. The van der Waals surface area contributed by atoms with Crippen LogP contribution in [0, 0.1) is 0 Å². The minimum Gasteiger partial charge on any atom is -0.465 e. The van der Waals surface area contributed by atoms with Crippen molar-refractivity contribution in [2.75, 3.05) is 6.61 Å². The molecule has 2 aliphatic rings. The quantitative estimate of drug-likeness (QED) is 0.515. The first kappa shape index (κ1) is 5.97. The molecule has 2 N–H and O–H groups in total. The summed E-state index contributed by atoms with van der Waals surface area (Å²) in [7, 11) is 0. The second-order valence-electron chi connectivity index (χ2n) is 3.03. The zero-order chi connectivity index (χ0) is 7.19. The molecule has 1 saturated carbocycles. The number of hydrogen-bond acceptors (Lipinski definition) is 2. The molecule has 4 nitrogen and oxygen atoms in total. The molecule has 0 radical (unpaired) electrons. The van der Waals surface area contributed by atoms with Gasteiger partial charge in [-0.2, -0.15) is 0 Å². The van der Waals surface area contributed by atoms with Crippen molar-refractivity contribution in [2.45, 2.75) is 24.5 Å². The Morgan fingerprint density at radius 1 is 1.70 bits per heavy atom. The van der Waals surface area contributed by atoms with Crippen molar-refractivity contribution in [2.24, 2.45) is 0 Å². The largest absolute Gasteiger partial charge is 0.465 e. The summed E-state index contributed by atoms with van der Waals surface area (Å²) in [5, 5.41) is 10.7. The van der Waals surface area contributed by atoms with Gasteiger partial charge in [0, 0.05) is 6.04 Å². The number of hydrogen-bond donors (Lipinski definition) is 2. The fourth-order valence-electron chi connectivity index (χ4n) is 1.45. The average Bonchev–Trinajstić information content (AvgIpc) is 2.41. The standard InChI is InChI=1S/C6H9NO3/c8-5(9)7-4-1-6(2-4)3-10-6/h4,7H,1-3H2,(H,8,9). The van der Waals surface area contributed by atoms with Crippen molar-refractivity contribution in [1.82, 2.24) is 5.32 Å². The molecular weight excluding hydrogens is 134 g/mol. The van der Waals surface area contributed by atoms with Crippen LogP contribution in [0.5, 0.6) is 0 Å². The third kappa shape index (κ3) is 0.844. The molecule has 0 aromatic rings. The maximum absolute atomic E-state index is 10.1. The van der Waals surface area contributed by atoms with E-state index in [2.05, 4.69) is 5.32 Å². The molecule has 1 saturated heterocycles. The monoisotopic (exact) mass is 143 g/mol. The summed E-state index contributed by atoms with van der Waals surface area (Å²) in [6.45, 7) is 0.824. The summed E-state index contributed by atoms with van der Waals surface area (Å²) in [5.41, 5.74) is 0.104. The number of carboxylic acid groups (broad SMARTS) is 1. The molecule has 1 heterocycles. The lowest BCUT2D eigenvalue weighted by Gasteiger charge is -2.32. The number of rotatable bonds is 1. The predicted molar refractivity (Wildman–Crippen MR) is 32.9 cm³/mol. The smallest absolute Gasteiger partial charge is 0.404 e. The van der Waals surface area contributed by atoms with Crippen LogP contribution in [-0.4, -0.2) is 29.4 Å². The van der Waals surface area contributed by atoms with E-state index in [-0.39, 0.29) is 11.6 Å². The van der Waals surface area contributed by atoms with E-state index < -0.39 is 6.09 Å². The first-order valence-corrected chi connectivity index (χ1v) is 3.34. The minimum atomic E-state index is -0.930. The Labute approximate surface area is 58.2 Å². The molecule has 4 heteroatoms. The number of carbonyl (C=O) groups is 1. The van der Waals surface area contributed by atoms with Crippen LogP contribution in [0.3, 0.4) is 0 Å². The van der Waals surface area contributed by atoms with Crippen molar-refractivity contribution in [3.05, 3.63) is 0 Å². The Kier molecular flexibility index (Phi) is 0.976. The molecule has 2 rings (SSSR count). The molecule has 56 valence electrons. The van der Waals surface area contributed by atoms with Gasteiger partial charge in [0.1, 0.15) is 0 Å². The summed E-state index contributed by atoms with van der Waals surface area (Å²) < 4.78 is 5.11. The van der Waals surface area contributed by atoms with Crippen molar-refractivity contribution in [3.63, 3.8) is 0 Å². The molecule has 0 bridgehead atoms. The van der Waals surface area contributed by atoms with Crippen LogP contribution < -0.4 is 5.32 Å². The lowest BCUT2D eigenvalue weighted by Crippen LogP contribution is -2.48. The Hall–Kier alpha value is -0.770. The molecule has 1 aliphatic heterocycles. The normalized spacial score (nSPS) is 42.6. The van der Waals surface area contributed by atoms with Gasteiger partial charge in [-0.05, 0) is 12.8 Å². The number of nitrogens with one attached hydrogen (secondary N) is 1. The predicted octanol–water partition coefficient (Wildman–Crippen LogP) is 0.185. The highest BCUT2D eigenvalue weighted by Crippen LogP contribution is 2.46. The topological polar surface area (TPSA) is 61.9 Å². The van der Waals surface area contributed by atoms with E-state index in [4.69, 9.17) is 9.84 Å². The van der Waals surface area contributed by atoms with Gasteiger partial charge in [-0.1, -0.05) is 0 Å². The maximum atomic E-state index is 10.1. The van der Waals surface area contributed by atoms with Gasteiger partial charge in [-0.3, -0.25) is 0 Å². The third-order valence-corrected chi connectivity index (χ3v) is 2.12. The Morgan fingerprint density at radius 3 is 2.70 bits per heavy atom. The summed E-state index contributed by atoms with van der Waals surface area (Å²) in [5.74, 6) is 0. The van der Waals surface area contributed by atoms with Gasteiger partial charge in [0.2, 0.25) is 0 Å². The third-order valence-electron chi connectivity index (χ3n) is 2.12. The Morgan fingerprint density at radius 2 is 2.30 bits per heavy atom. The fourth-order valence-corrected chi connectivity index (χ4v) is 1.45. The van der Waals surface area contributed by atoms with Crippen molar-refractivity contribution < 1.29 is 14.6 Å². The lowest BCUT2D eigenvalue weighted by atomic mass is 9.80. The highest BCUT2D eigenvalue weighted by atomic mass is 16.6. The molecule has 1 amide bonds. The summed E-state index contributed by atoms with van der Waals surface area (Å²) >= 11 is 0. The number of amides is 1. The van der Waals surface area contributed by atoms with Crippen molar-refractivity contribution >= 4 is 6.09 Å². The van der Waals surface area contributed by atoms with Gasteiger partial charge in [-0.25, -0.2) is 4.79 Å². The van der Waals surface area contributed by atoms with E-state index in [9.17, 15) is 4.79 Å². The van der Waals surface area contributed by atoms with E-state index in [0.717, 1.165) is 19.4 Å². The second-order valence-corrected chi connectivity index (χ2v) is 3.03. The summed E-state index contributed by atoms with van der Waals surface area (Å²) in [4.78, 5) is 10.1. The van der Waals surface area contributed by atoms with Crippen LogP contribution in [0.15, 0.2) is 0 Å². The van der Waals surface area contributed by atoms with Gasteiger partial charge < -0.3 is 15.2 Å². The van der Waals surface area contributed by atoms with Crippen molar-refractivity contribution in [3.8, 4) is 0 Å². The molecule has 0 unspecified atom stereocenters. The van der Waals surface area contributed by atoms with E-state index in [1.807, 2.05) is 0 Å². The number of epoxide rings is 1. The maximum Gasteiger partial charge on any atom is 0.404 e. The number of ether oxygens (including phenoxy) is 1. The molecule has 0 aromatic heterocycles. The summed E-state index contributed by atoms with van der Waals surface area (Å²) in [6.07, 6.45) is 0.791. The fraction of sp³-hybridized carbons (Fsp3) is 0.833. The van der Waals surface area contributed by atoms with Gasteiger partial charge in [0.15, 0.2) is 0 Å². The molecule has 0 atom stereocenters. The minimum absolute atomic E-state index is 0.104. The second kappa shape index (κ2) is 1.63. The average molecular weight is 143 g/mol. The van der Waals surface area contributed by atoms with Crippen LogP contribution in [0.4, 0.5) is 4.79 Å². The lowest BCUT2D eigenvalue weighted by molar-refractivity contribution is 0.135. The molecule has 0 aromatic carbocycles. The first-order chi connectivity index (χ1) is 4.70. The summed E-state index contributed by atoms with van der Waals surface area (Å²) in [6, 6.07) is 0.139. The van der Waals surface area contributed by atoms with E-state index in [1.165, 1.54) is 0 Å². The molecule has 10 heavy (non-hydrogen) atoms. The van der Waals surface area contributed by atoms with Crippen LogP contribution >= 0.6 is 0 Å². The Bertz CT molecular complexity index is 168. The van der Waals surface area contributed by atoms with Gasteiger partial charge in [0.25, 0.3) is 0 Å². The highest BCUT2D eigenvalue weighted by molar-refractivity contribution is 5.65. The Balaban J connectivity index is 1.75. The van der Waals surface area contributed by atoms with Gasteiger partial charge in [-0.15, -0.1) is 0 Å². The zero-order valence-electron chi connectivity index (χ0n) is 5.46. The molecule has 2 fully saturated rings. The van der Waals surface area contributed by atoms with E-state index in [1.54, 1.807) is 0 Å². The highest BCUT2D eigenvalue weighted by Gasteiger charge is 2.55. The van der Waals surface area contributed by atoms with E-state index in [0.29, 0.717) is 0 Å². The van der Waals surface area contributed by atoms with Crippen LogP contribution in [0.2, 0.25) is 0 Å². The van der Waals surface area contributed by atoms with Crippen molar-refractivity contribution in [1.29, 1.82) is 0 Å².